The molecule has 1 amide bonds. The maximum Gasteiger partial charge on any atom is 0.243 e. The minimum absolute atomic E-state index is 0. The molecule has 6 nitrogen and oxygen atoms in total. The monoisotopic (exact) mass is 522 g/mol. The van der Waals surface area contributed by atoms with E-state index in [9.17, 15) is 4.79 Å². The smallest absolute Gasteiger partial charge is 0.243 e. The Balaban J connectivity index is 0.00000392. The maximum atomic E-state index is 11.9. The number of carbonyl (C=O) groups is 1. The van der Waals surface area contributed by atoms with Gasteiger partial charge in [-0.25, -0.2) is 4.99 Å². The molecule has 1 aromatic heterocycles. The van der Waals surface area contributed by atoms with Gasteiger partial charge in [0.2, 0.25) is 5.91 Å². The Morgan fingerprint density at radius 2 is 2.04 bits per heavy atom. The van der Waals surface area contributed by atoms with Crippen molar-refractivity contribution in [3.63, 3.8) is 0 Å². The van der Waals surface area contributed by atoms with Gasteiger partial charge in [-0.2, -0.15) is 0 Å². The fourth-order valence-corrected chi connectivity index (χ4v) is 3.83. The van der Waals surface area contributed by atoms with Crippen LogP contribution >= 0.6 is 35.3 Å². The van der Waals surface area contributed by atoms with Crippen LogP contribution in [0.4, 0.5) is 0 Å². The van der Waals surface area contributed by atoms with Crippen LogP contribution in [0.15, 0.2) is 22.5 Å². The van der Waals surface area contributed by atoms with Gasteiger partial charge in [-0.1, -0.05) is 6.07 Å². The van der Waals surface area contributed by atoms with Gasteiger partial charge >= 0.3 is 0 Å². The Morgan fingerprint density at radius 3 is 2.61 bits per heavy atom. The molecule has 0 atom stereocenters. The molecule has 1 aliphatic rings. The quantitative estimate of drug-likeness (QED) is 0.313. The number of likely N-dealkylation sites (N-methyl/N-ethyl adjacent to an activating group) is 1. The highest BCUT2D eigenvalue weighted by atomic mass is 127. The first-order valence-electron chi connectivity index (χ1n) is 9.87. The van der Waals surface area contributed by atoms with Crippen molar-refractivity contribution in [3.8, 4) is 0 Å². The summed E-state index contributed by atoms with van der Waals surface area (Å²) in [5.41, 5.74) is 0. The lowest BCUT2D eigenvalue weighted by molar-refractivity contribution is -0.127. The second kappa shape index (κ2) is 13.4. The Morgan fingerprint density at radius 1 is 1.32 bits per heavy atom. The molecular formula is C20H35IN4O2S. The number of thiophene rings is 1. The fraction of sp³-hybridized carbons (Fsp3) is 0.700. The number of hydrogen-bond acceptors (Lipinski definition) is 4. The lowest BCUT2D eigenvalue weighted by Gasteiger charge is -2.31. The summed E-state index contributed by atoms with van der Waals surface area (Å²) >= 11 is 1.76. The van der Waals surface area contributed by atoms with Crippen LogP contribution in [0, 0.1) is 0 Å². The third kappa shape index (κ3) is 9.56. The molecular weight excluding hydrogens is 487 g/mol. The summed E-state index contributed by atoms with van der Waals surface area (Å²) < 4.78 is 5.93. The molecule has 1 aliphatic carbocycles. The molecule has 0 aromatic carbocycles. The molecule has 0 bridgehead atoms. The minimum Gasteiger partial charge on any atom is -0.376 e. The Bertz CT molecular complexity index is 585. The van der Waals surface area contributed by atoms with Gasteiger partial charge in [0.1, 0.15) is 6.54 Å². The number of ether oxygens (including phenoxy) is 1. The molecule has 0 spiro atoms. The van der Waals surface area contributed by atoms with Crippen LogP contribution in [0.25, 0.3) is 0 Å². The lowest BCUT2D eigenvalue weighted by atomic mass is 9.93. The molecule has 2 N–H and O–H groups in total. The van der Waals surface area contributed by atoms with Gasteiger partial charge in [0.15, 0.2) is 5.96 Å². The van der Waals surface area contributed by atoms with Crippen LogP contribution in [0.3, 0.4) is 0 Å². The van der Waals surface area contributed by atoms with Gasteiger partial charge in [-0.3, -0.25) is 4.79 Å². The van der Waals surface area contributed by atoms with Crippen LogP contribution in [-0.2, 0) is 16.0 Å². The van der Waals surface area contributed by atoms with Gasteiger partial charge in [-0.15, -0.1) is 35.3 Å². The molecule has 2 rings (SSSR count). The van der Waals surface area contributed by atoms with E-state index in [1.165, 1.54) is 4.88 Å². The predicted octanol–water partition coefficient (Wildman–Crippen LogP) is 3.27. The molecule has 0 radical (unpaired) electrons. The molecule has 1 saturated carbocycles. The topological polar surface area (TPSA) is 66.0 Å². The first kappa shape index (κ1) is 25.2. The maximum absolute atomic E-state index is 11.9. The third-order valence-corrected chi connectivity index (χ3v) is 5.53. The van der Waals surface area contributed by atoms with Gasteiger partial charge in [0.25, 0.3) is 0 Å². The number of halogens is 1. The summed E-state index contributed by atoms with van der Waals surface area (Å²) in [5, 5.41) is 9.00. The predicted molar refractivity (Wildman–Crippen MR) is 128 cm³/mol. The number of hydrogen-bond donors (Lipinski definition) is 2. The molecule has 1 heterocycles. The van der Waals surface area contributed by atoms with Crippen molar-refractivity contribution in [1.29, 1.82) is 0 Å². The molecule has 28 heavy (non-hydrogen) atoms. The minimum atomic E-state index is 0. The molecule has 160 valence electrons. The first-order valence-corrected chi connectivity index (χ1v) is 10.7. The van der Waals surface area contributed by atoms with Crippen LogP contribution in [-0.4, -0.2) is 62.2 Å². The van der Waals surface area contributed by atoms with E-state index in [2.05, 4.69) is 47.0 Å². The van der Waals surface area contributed by atoms with E-state index in [1.54, 1.807) is 30.3 Å². The van der Waals surface area contributed by atoms with Crippen LogP contribution in [0.5, 0.6) is 0 Å². The Labute approximate surface area is 190 Å². The molecule has 1 fully saturated rings. The number of rotatable bonds is 8. The van der Waals surface area contributed by atoms with E-state index in [0.29, 0.717) is 12.1 Å². The molecule has 0 unspecified atom stereocenters. The molecule has 0 aliphatic heterocycles. The summed E-state index contributed by atoms with van der Waals surface area (Å²) in [6.07, 6.45) is 5.85. The van der Waals surface area contributed by atoms with E-state index >= 15 is 0 Å². The number of nitrogens with one attached hydrogen (secondary N) is 2. The van der Waals surface area contributed by atoms with Crippen molar-refractivity contribution < 1.29 is 9.53 Å². The lowest BCUT2D eigenvalue weighted by Crippen LogP contribution is -2.46. The number of guanidine groups is 1. The SMILES string of the molecule is CC(C)OC1CCC(NC(=NCC(=O)N(C)C)NCCc2cccs2)CC1.I. The third-order valence-electron chi connectivity index (χ3n) is 4.59. The molecule has 8 heteroatoms. The van der Waals surface area contributed by atoms with Crippen LogP contribution in [0.1, 0.15) is 44.4 Å². The summed E-state index contributed by atoms with van der Waals surface area (Å²) in [6, 6.07) is 4.59. The summed E-state index contributed by atoms with van der Waals surface area (Å²) in [5.74, 6) is 0.735. The zero-order chi connectivity index (χ0) is 19.6. The first-order chi connectivity index (χ1) is 12.9. The summed E-state index contributed by atoms with van der Waals surface area (Å²) in [6.45, 7) is 5.14. The van der Waals surface area contributed by atoms with Crippen molar-refractivity contribution >= 4 is 47.2 Å². The largest absolute Gasteiger partial charge is 0.376 e. The standard InChI is InChI=1S/C20H34N4O2S.HI/c1-15(2)26-17-9-7-16(8-10-17)23-20(22-14-19(25)24(3)4)21-12-11-18-6-5-13-27-18;/h5-6,13,15-17H,7-12,14H2,1-4H3,(H2,21,22,23);1H. The second-order valence-electron chi connectivity index (χ2n) is 7.51. The van der Waals surface area contributed by atoms with Crippen LogP contribution in [0.2, 0.25) is 0 Å². The number of aliphatic imine (C=N–C) groups is 1. The summed E-state index contributed by atoms with van der Waals surface area (Å²) in [7, 11) is 3.51. The summed E-state index contributed by atoms with van der Waals surface area (Å²) in [4.78, 5) is 19.3. The second-order valence-corrected chi connectivity index (χ2v) is 8.54. The van der Waals surface area contributed by atoms with E-state index in [0.717, 1.165) is 44.6 Å². The normalized spacial score (nSPS) is 19.8. The number of carbonyl (C=O) groups excluding carboxylic acids is 1. The number of nitrogens with zero attached hydrogens (tertiary/aromatic N) is 2. The molecule has 1 aromatic rings. The average Bonchev–Trinajstić information content (AvgIpc) is 3.13. The molecule has 0 saturated heterocycles. The zero-order valence-corrected chi connectivity index (χ0v) is 20.6. The zero-order valence-electron chi connectivity index (χ0n) is 17.4. The van der Waals surface area contributed by atoms with E-state index in [1.807, 2.05) is 0 Å². The highest BCUT2D eigenvalue weighted by molar-refractivity contribution is 14.0. The van der Waals surface area contributed by atoms with Crippen molar-refractivity contribution in [2.24, 2.45) is 4.99 Å². The number of amides is 1. The van der Waals surface area contributed by atoms with E-state index in [4.69, 9.17) is 4.74 Å². The van der Waals surface area contributed by atoms with Crippen molar-refractivity contribution in [2.75, 3.05) is 27.2 Å². The Hall–Kier alpha value is -0.870. The Kier molecular flexibility index (Phi) is 12.0. The van der Waals surface area contributed by atoms with Crippen molar-refractivity contribution in [2.45, 2.75) is 64.2 Å². The van der Waals surface area contributed by atoms with Gasteiger partial charge in [-0.05, 0) is 57.4 Å². The van der Waals surface area contributed by atoms with Crippen molar-refractivity contribution in [1.82, 2.24) is 15.5 Å². The van der Waals surface area contributed by atoms with Gasteiger partial charge in [0, 0.05) is 31.6 Å². The van der Waals surface area contributed by atoms with Gasteiger partial charge in [0.05, 0.1) is 12.2 Å². The van der Waals surface area contributed by atoms with Crippen molar-refractivity contribution in [3.05, 3.63) is 22.4 Å². The van der Waals surface area contributed by atoms with Crippen LogP contribution < -0.4 is 10.6 Å². The average molecular weight is 522 g/mol. The van der Waals surface area contributed by atoms with Gasteiger partial charge < -0.3 is 20.3 Å². The van der Waals surface area contributed by atoms with E-state index in [-0.39, 0.29) is 42.5 Å². The highest BCUT2D eigenvalue weighted by Crippen LogP contribution is 2.22. The fourth-order valence-electron chi connectivity index (χ4n) is 3.12. The highest BCUT2D eigenvalue weighted by Gasteiger charge is 2.23. The van der Waals surface area contributed by atoms with E-state index < -0.39 is 0 Å².